The fraction of sp³-hybridized carbons (Fsp3) is 0.440. The third-order valence-corrected chi connectivity index (χ3v) is 6.41. The molecule has 2 aromatic rings. The summed E-state index contributed by atoms with van der Waals surface area (Å²) < 4.78 is 5.72. The van der Waals surface area contributed by atoms with Crippen LogP contribution in [0.2, 0.25) is 10.0 Å². The van der Waals surface area contributed by atoms with E-state index in [9.17, 15) is 9.59 Å². The standard InChI is InChI=1S/C25H30Cl2N2O3/c1-17-7-6-10-22(13-17)32-16-24(30)29(15-19-11-12-20(26)14-23(19)27)18(2)25(31)28-21-8-4-3-5-9-21/h6-7,10-14,18,21H,3-5,8-9,15-16H2,1-2H3,(H,28,31). The Morgan fingerprint density at radius 3 is 2.56 bits per heavy atom. The molecule has 2 amide bonds. The average Bonchev–Trinajstić information content (AvgIpc) is 2.77. The summed E-state index contributed by atoms with van der Waals surface area (Å²) in [5, 5.41) is 4.09. The molecule has 1 saturated carbocycles. The molecule has 0 bridgehead atoms. The second-order valence-corrected chi connectivity index (χ2v) is 9.23. The molecule has 0 spiro atoms. The minimum atomic E-state index is -0.669. The quantitative estimate of drug-likeness (QED) is 0.543. The van der Waals surface area contributed by atoms with Crippen molar-refractivity contribution in [2.75, 3.05) is 6.61 Å². The number of rotatable bonds is 8. The number of hydrogen-bond donors (Lipinski definition) is 1. The number of ether oxygens (including phenoxy) is 1. The van der Waals surface area contributed by atoms with Gasteiger partial charge in [-0.2, -0.15) is 0 Å². The molecule has 1 unspecified atom stereocenters. The summed E-state index contributed by atoms with van der Waals surface area (Å²) in [5.74, 6) is 0.164. The lowest BCUT2D eigenvalue weighted by Crippen LogP contribution is -2.51. The molecule has 1 N–H and O–H groups in total. The minimum Gasteiger partial charge on any atom is -0.484 e. The van der Waals surface area contributed by atoms with Gasteiger partial charge in [-0.25, -0.2) is 0 Å². The Morgan fingerprint density at radius 2 is 1.88 bits per heavy atom. The highest BCUT2D eigenvalue weighted by atomic mass is 35.5. The number of halogens is 2. The van der Waals surface area contributed by atoms with Gasteiger partial charge in [-0.3, -0.25) is 9.59 Å². The molecule has 1 fully saturated rings. The van der Waals surface area contributed by atoms with Crippen molar-refractivity contribution in [3.05, 3.63) is 63.6 Å². The highest BCUT2D eigenvalue weighted by Gasteiger charge is 2.29. The Balaban J connectivity index is 1.74. The molecule has 5 nitrogen and oxygen atoms in total. The monoisotopic (exact) mass is 476 g/mol. The summed E-state index contributed by atoms with van der Waals surface area (Å²) in [5.41, 5.74) is 1.76. The Bertz CT molecular complexity index is 945. The van der Waals surface area contributed by atoms with E-state index in [-0.39, 0.29) is 31.0 Å². The van der Waals surface area contributed by atoms with Gasteiger partial charge in [0.15, 0.2) is 6.61 Å². The van der Waals surface area contributed by atoms with Crippen molar-refractivity contribution in [1.29, 1.82) is 0 Å². The van der Waals surface area contributed by atoms with Crippen LogP contribution < -0.4 is 10.1 Å². The van der Waals surface area contributed by atoms with Crippen LogP contribution in [0.15, 0.2) is 42.5 Å². The van der Waals surface area contributed by atoms with Gasteiger partial charge in [0.2, 0.25) is 5.91 Å². The van der Waals surface area contributed by atoms with E-state index in [1.807, 2.05) is 25.1 Å². The molecule has 1 aliphatic carbocycles. The van der Waals surface area contributed by atoms with Crippen molar-refractivity contribution in [2.45, 2.75) is 64.6 Å². The molecule has 1 aliphatic rings. The lowest BCUT2D eigenvalue weighted by Gasteiger charge is -2.31. The predicted molar refractivity (Wildman–Crippen MR) is 128 cm³/mol. The molecule has 2 aromatic carbocycles. The van der Waals surface area contributed by atoms with E-state index < -0.39 is 6.04 Å². The first kappa shape index (κ1) is 24.4. The van der Waals surface area contributed by atoms with Gasteiger partial charge in [0.05, 0.1) is 0 Å². The van der Waals surface area contributed by atoms with Crippen LogP contribution >= 0.6 is 23.2 Å². The number of carbonyl (C=O) groups is 2. The van der Waals surface area contributed by atoms with Crippen LogP contribution in [-0.4, -0.2) is 35.4 Å². The van der Waals surface area contributed by atoms with Crippen LogP contribution in [0.1, 0.15) is 50.2 Å². The van der Waals surface area contributed by atoms with E-state index in [2.05, 4.69) is 5.32 Å². The van der Waals surface area contributed by atoms with Crippen LogP contribution in [0.25, 0.3) is 0 Å². The van der Waals surface area contributed by atoms with Gasteiger partial charge in [-0.05, 0) is 62.1 Å². The maximum atomic E-state index is 13.2. The lowest BCUT2D eigenvalue weighted by molar-refractivity contribution is -0.142. The van der Waals surface area contributed by atoms with Gasteiger partial charge in [-0.1, -0.05) is 60.7 Å². The first-order valence-corrected chi connectivity index (χ1v) is 11.8. The number of hydrogen-bond acceptors (Lipinski definition) is 3. The second kappa shape index (κ2) is 11.6. The number of aryl methyl sites for hydroxylation is 1. The Kier molecular flexibility index (Phi) is 8.83. The van der Waals surface area contributed by atoms with Gasteiger partial charge >= 0.3 is 0 Å². The molecule has 0 aromatic heterocycles. The van der Waals surface area contributed by atoms with Crippen molar-refractivity contribution in [2.24, 2.45) is 0 Å². The maximum absolute atomic E-state index is 13.2. The molecule has 172 valence electrons. The fourth-order valence-electron chi connectivity index (χ4n) is 3.92. The summed E-state index contributed by atoms with van der Waals surface area (Å²) in [6.07, 6.45) is 5.40. The minimum absolute atomic E-state index is 0.161. The molecular weight excluding hydrogens is 447 g/mol. The molecule has 0 aliphatic heterocycles. The predicted octanol–water partition coefficient (Wildman–Crippen LogP) is 5.55. The van der Waals surface area contributed by atoms with E-state index in [0.29, 0.717) is 15.8 Å². The summed E-state index contributed by atoms with van der Waals surface area (Å²) in [6, 6.07) is 12.1. The fourth-order valence-corrected chi connectivity index (χ4v) is 4.39. The third kappa shape index (κ3) is 6.88. The molecule has 0 saturated heterocycles. The van der Waals surface area contributed by atoms with Crippen molar-refractivity contribution < 1.29 is 14.3 Å². The largest absolute Gasteiger partial charge is 0.484 e. The molecule has 0 radical (unpaired) electrons. The number of amides is 2. The van der Waals surface area contributed by atoms with Crippen molar-refractivity contribution in [3.8, 4) is 5.75 Å². The molecule has 3 rings (SSSR count). The van der Waals surface area contributed by atoms with Gasteiger partial charge in [0.1, 0.15) is 11.8 Å². The number of benzene rings is 2. The maximum Gasteiger partial charge on any atom is 0.261 e. The normalized spacial score (nSPS) is 15.1. The third-order valence-electron chi connectivity index (χ3n) is 5.83. The molecular formula is C25H30Cl2N2O3. The zero-order chi connectivity index (χ0) is 23.1. The molecule has 1 atom stereocenters. The van der Waals surface area contributed by atoms with Gasteiger partial charge in [-0.15, -0.1) is 0 Å². The van der Waals surface area contributed by atoms with Crippen LogP contribution in [0, 0.1) is 6.92 Å². The first-order chi connectivity index (χ1) is 15.3. The van der Waals surface area contributed by atoms with E-state index in [1.54, 1.807) is 31.2 Å². The van der Waals surface area contributed by atoms with Crippen molar-refractivity contribution in [3.63, 3.8) is 0 Å². The van der Waals surface area contributed by atoms with Crippen LogP contribution in [0.3, 0.4) is 0 Å². The number of carbonyl (C=O) groups excluding carboxylic acids is 2. The average molecular weight is 477 g/mol. The summed E-state index contributed by atoms with van der Waals surface area (Å²) in [4.78, 5) is 27.7. The zero-order valence-electron chi connectivity index (χ0n) is 18.6. The van der Waals surface area contributed by atoms with Gasteiger partial charge < -0.3 is 15.0 Å². The molecule has 7 heteroatoms. The van der Waals surface area contributed by atoms with E-state index in [4.69, 9.17) is 27.9 Å². The molecule has 0 heterocycles. The highest BCUT2D eigenvalue weighted by Crippen LogP contribution is 2.24. The Hall–Kier alpha value is -2.24. The molecule has 32 heavy (non-hydrogen) atoms. The van der Waals surface area contributed by atoms with Crippen molar-refractivity contribution in [1.82, 2.24) is 10.2 Å². The highest BCUT2D eigenvalue weighted by molar-refractivity contribution is 6.35. The zero-order valence-corrected chi connectivity index (χ0v) is 20.1. The summed E-state index contributed by atoms with van der Waals surface area (Å²) >= 11 is 12.4. The van der Waals surface area contributed by atoms with Crippen LogP contribution in [-0.2, 0) is 16.1 Å². The SMILES string of the molecule is Cc1cccc(OCC(=O)N(Cc2ccc(Cl)cc2Cl)C(C)C(=O)NC2CCCCC2)c1. The number of nitrogens with zero attached hydrogens (tertiary/aromatic N) is 1. The Morgan fingerprint density at radius 1 is 1.12 bits per heavy atom. The van der Waals surface area contributed by atoms with Crippen LogP contribution in [0.4, 0.5) is 0 Å². The van der Waals surface area contributed by atoms with Crippen LogP contribution in [0.5, 0.6) is 5.75 Å². The van der Waals surface area contributed by atoms with Gasteiger partial charge in [0.25, 0.3) is 5.91 Å². The second-order valence-electron chi connectivity index (χ2n) is 8.38. The topological polar surface area (TPSA) is 58.6 Å². The van der Waals surface area contributed by atoms with Crippen molar-refractivity contribution >= 4 is 35.0 Å². The summed E-state index contributed by atoms with van der Waals surface area (Å²) in [7, 11) is 0. The van der Waals surface area contributed by atoms with Gasteiger partial charge in [0, 0.05) is 22.6 Å². The smallest absolute Gasteiger partial charge is 0.261 e. The first-order valence-electron chi connectivity index (χ1n) is 11.1. The van der Waals surface area contributed by atoms with E-state index >= 15 is 0 Å². The Labute approximate surface area is 200 Å². The lowest BCUT2D eigenvalue weighted by atomic mass is 9.95. The van der Waals surface area contributed by atoms with E-state index in [1.165, 1.54) is 11.3 Å². The number of nitrogens with one attached hydrogen (secondary N) is 1. The summed E-state index contributed by atoms with van der Waals surface area (Å²) in [6.45, 7) is 3.72. The van der Waals surface area contributed by atoms with E-state index in [0.717, 1.165) is 36.8 Å².